The van der Waals surface area contributed by atoms with Gasteiger partial charge in [-0.15, -0.1) is 0 Å². The van der Waals surface area contributed by atoms with Gasteiger partial charge < -0.3 is 14.7 Å². The summed E-state index contributed by atoms with van der Waals surface area (Å²) in [5, 5.41) is 11.8. The van der Waals surface area contributed by atoms with E-state index in [2.05, 4.69) is 5.16 Å². The number of carbonyl (C=O) groups excluding carboxylic acids is 1. The van der Waals surface area contributed by atoms with Crippen LogP contribution in [0.1, 0.15) is 33.1 Å². The molecule has 5 heteroatoms. The average Bonchev–Trinajstić information content (AvgIpc) is 2.43. The number of unbranched alkanes of at least 4 members (excludes halogenated alkanes) is 1. The van der Waals surface area contributed by atoms with E-state index in [1.54, 1.807) is 13.8 Å². The van der Waals surface area contributed by atoms with Crippen molar-refractivity contribution in [3.05, 3.63) is 30.3 Å². The Morgan fingerprint density at radius 1 is 1.25 bits per heavy atom. The average molecular weight is 279 g/mol. The van der Waals surface area contributed by atoms with Crippen molar-refractivity contribution >= 4 is 11.7 Å². The van der Waals surface area contributed by atoms with Gasteiger partial charge in [-0.2, -0.15) is 0 Å². The van der Waals surface area contributed by atoms with Crippen LogP contribution in [0.3, 0.4) is 0 Å². The van der Waals surface area contributed by atoms with Crippen LogP contribution < -0.4 is 4.74 Å². The summed E-state index contributed by atoms with van der Waals surface area (Å²) in [6.07, 6.45) is 1.61. The number of esters is 1. The molecule has 0 heterocycles. The fraction of sp³-hybridized carbons (Fsp3) is 0.467. The van der Waals surface area contributed by atoms with Gasteiger partial charge >= 0.3 is 5.97 Å². The molecule has 0 saturated carbocycles. The van der Waals surface area contributed by atoms with Gasteiger partial charge in [-0.05, 0) is 38.8 Å². The Labute approximate surface area is 119 Å². The molecule has 0 fully saturated rings. The van der Waals surface area contributed by atoms with Gasteiger partial charge in [-0.1, -0.05) is 23.4 Å². The van der Waals surface area contributed by atoms with Crippen molar-refractivity contribution in [3.8, 4) is 5.75 Å². The summed E-state index contributed by atoms with van der Waals surface area (Å²) in [7, 11) is 0. The van der Waals surface area contributed by atoms with Crippen molar-refractivity contribution in [1.82, 2.24) is 0 Å². The van der Waals surface area contributed by atoms with E-state index >= 15 is 0 Å². The van der Waals surface area contributed by atoms with Crippen LogP contribution in [0.25, 0.3) is 0 Å². The van der Waals surface area contributed by atoms with Crippen molar-refractivity contribution in [3.63, 3.8) is 0 Å². The Bertz CT molecular complexity index is 429. The van der Waals surface area contributed by atoms with Crippen molar-refractivity contribution in [2.75, 3.05) is 6.61 Å². The molecule has 0 aliphatic rings. The minimum atomic E-state index is -0.563. The van der Waals surface area contributed by atoms with Crippen LogP contribution in [0, 0.1) is 0 Å². The summed E-state index contributed by atoms with van der Waals surface area (Å²) in [5.41, 5.74) is 0.0541. The highest BCUT2D eigenvalue weighted by molar-refractivity contribution is 6.36. The topological polar surface area (TPSA) is 68.1 Å². The molecular weight excluding hydrogens is 258 g/mol. The SMILES string of the molecule is CC(C)OC(=O)C(CCCCOc1ccccc1)=NO. The van der Waals surface area contributed by atoms with Crippen LogP contribution in [0.2, 0.25) is 0 Å². The standard InChI is InChI=1S/C15H21NO4/c1-12(2)20-15(17)14(16-18)10-6-7-11-19-13-8-4-3-5-9-13/h3-5,8-9,12,18H,6-7,10-11H2,1-2H3. The van der Waals surface area contributed by atoms with E-state index in [9.17, 15) is 4.79 Å². The van der Waals surface area contributed by atoms with Crippen molar-refractivity contribution in [2.24, 2.45) is 5.16 Å². The third-order valence-corrected chi connectivity index (χ3v) is 2.52. The second-order valence-corrected chi connectivity index (χ2v) is 4.62. The summed E-state index contributed by atoms with van der Waals surface area (Å²) in [6, 6.07) is 9.53. The Hall–Kier alpha value is -2.04. The Kier molecular flexibility index (Phi) is 7.17. The fourth-order valence-electron chi connectivity index (χ4n) is 1.58. The van der Waals surface area contributed by atoms with Gasteiger partial charge in [0.2, 0.25) is 0 Å². The Balaban J connectivity index is 2.21. The minimum absolute atomic E-state index is 0.0541. The molecule has 0 bridgehead atoms. The van der Waals surface area contributed by atoms with E-state index in [1.165, 1.54) is 0 Å². The number of hydrogen-bond donors (Lipinski definition) is 1. The van der Waals surface area contributed by atoms with Gasteiger partial charge in [-0.25, -0.2) is 4.79 Å². The molecule has 20 heavy (non-hydrogen) atoms. The molecule has 0 spiro atoms. The molecule has 0 saturated heterocycles. The summed E-state index contributed by atoms with van der Waals surface area (Å²) < 4.78 is 10.5. The highest BCUT2D eigenvalue weighted by atomic mass is 16.5. The number of hydrogen-bond acceptors (Lipinski definition) is 5. The Morgan fingerprint density at radius 3 is 2.55 bits per heavy atom. The van der Waals surface area contributed by atoms with Gasteiger partial charge in [0.15, 0.2) is 5.71 Å². The number of rotatable bonds is 8. The van der Waals surface area contributed by atoms with E-state index in [0.717, 1.165) is 12.2 Å². The number of para-hydroxylation sites is 1. The largest absolute Gasteiger partial charge is 0.494 e. The van der Waals surface area contributed by atoms with Gasteiger partial charge in [0, 0.05) is 6.42 Å². The molecule has 1 aromatic rings. The predicted molar refractivity (Wildman–Crippen MR) is 76.2 cm³/mol. The molecule has 0 radical (unpaired) electrons. The maximum Gasteiger partial charge on any atom is 0.356 e. The molecule has 0 aliphatic heterocycles. The van der Waals surface area contributed by atoms with Crippen LogP contribution in [0.5, 0.6) is 5.75 Å². The highest BCUT2D eigenvalue weighted by Gasteiger charge is 2.14. The lowest BCUT2D eigenvalue weighted by molar-refractivity contribution is -0.139. The third-order valence-electron chi connectivity index (χ3n) is 2.52. The normalized spacial score (nSPS) is 11.4. The molecule has 1 rings (SSSR count). The lowest BCUT2D eigenvalue weighted by atomic mass is 10.2. The lowest BCUT2D eigenvalue weighted by Crippen LogP contribution is -2.21. The summed E-state index contributed by atoms with van der Waals surface area (Å²) >= 11 is 0. The number of benzene rings is 1. The summed E-state index contributed by atoms with van der Waals surface area (Å²) in [5.74, 6) is 0.259. The summed E-state index contributed by atoms with van der Waals surface area (Å²) in [4.78, 5) is 11.5. The predicted octanol–water partition coefficient (Wildman–Crippen LogP) is 3.02. The zero-order chi connectivity index (χ0) is 14.8. The molecule has 110 valence electrons. The molecular formula is C15H21NO4. The minimum Gasteiger partial charge on any atom is -0.494 e. The third kappa shape index (κ3) is 6.22. The van der Waals surface area contributed by atoms with Gasteiger partial charge in [-0.3, -0.25) is 0 Å². The van der Waals surface area contributed by atoms with Crippen LogP contribution in [-0.2, 0) is 9.53 Å². The van der Waals surface area contributed by atoms with Crippen LogP contribution in [-0.4, -0.2) is 29.6 Å². The van der Waals surface area contributed by atoms with Gasteiger partial charge in [0.1, 0.15) is 5.75 Å². The zero-order valence-electron chi connectivity index (χ0n) is 11.9. The molecule has 1 N–H and O–H groups in total. The molecule has 1 aromatic carbocycles. The fourth-order valence-corrected chi connectivity index (χ4v) is 1.58. The molecule has 0 aromatic heterocycles. The molecule has 0 unspecified atom stereocenters. The van der Waals surface area contributed by atoms with Crippen molar-refractivity contribution < 1.29 is 19.5 Å². The number of ether oxygens (including phenoxy) is 2. The maximum absolute atomic E-state index is 11.5. The van der Waals surface area contributed by atoms with E-state index in [0.29, 0.717) is 19.4 Å². The first-order chi connectivity index (χ1) is 9.63. The van der Waals surface area contributed by atoms with Gasteiger partial charge in [0.25, 0.3) is 0 Å². The Morgan fingerprint density at radius 2 is 1.95 bits per heavy atom. The second-order valence-electron chi connectivity index (χ2n) is 4.62. The smallest absolute Gasteiger partial charge is 0.356 e. The zero-order valence-corrected chi connectivity index (χ0v) is 11.9. The molecule has 0 atom stereocenters. The second kappa shape index (κ2) is 8.96. The van der Waals surface area contributed by atoms with E-state index in [1.807, 2.05) is 30.3 Å². The van der Waals surface area contributed by atoms with Crippen molar-refractivity contribution in [2.45, 2.75) is 39.2 Å². The first kappa shape index (κ1) is 16.0. The molecule has 0 amide bonds. The van der Waals surface area contributed by atoms with Gasteiger partial charge in [0.05, 0.1) is 12.7 Å². The van der Waals surface area contributed by atoms with E-state index < -0.39 is 5.97 Å². The van der Waals surface area contributed by atoms with Crippen LogP contribution in [0.4, 0.5) is 0 Å². The molecule has 5 nitrogen and oxygen atoms in total. The van der Waals surface area contributed by atoms with Crippen LogP contribution >= 0.6 is 0 Å². The van der Waals surface area contributed by atoms with E-state index in [4.69, 9.17) is 14.7 Å². The van der Waals surface area contributed by atoms with Crippen molar-refractivity contribution in [1.29, 1.82) is 0 Å². The number of carbonyl (C=O) groups is 1. The highest BCUT2D eigenvalue weighted by Crippen LogP contribution is 2.09. The summed E-state index contributed by atoms with van der Waals surface area (Å²) in [6.45, 7) is 4.06. The number of nitrogens with zero attached hydrogens (tertiary/aromatic N) is 1. The lowest BCUT2D eigenvalue weighted by Gasteiger charge is -2.09. The molecule has 0 aliphatic carbocycles. The van der Waals surface area contributed by atoms with Crippen LogP contribution in [0.15, 0.2) is 35.5 Å². The first-order valence-electron chi connectivity index (χ1n) is 6.73. The first-order valence-corrected chi connectivity index (χ1v) is 6.73. The quantitative estimate of drug-likeness (QED) is 0.261. The van der Waals surface area contributed by atoms with E-state index in [-0.39, 0.29) is 11.8 Å². The monoisotopic (exact) mass is 279 g/mol. The maximum atomic E-state index is 11.5. The number of oxime groups is 1.